The van der Waals surface area contributed by atoms with Crippen LogP contribution in [0, 0.1) is 17.6 Å². The third-order valence-electron chi connectivity index (χ3n) is 2.84. The maximum absolute atomic E-state index is 12.9. The van der Waals surface area contributed by atoms with Gasteiger partial charge in [-0.1, -0.05) is 0 Å². The Morgan fingerprint density at radius 1 is 1.41 bits per heavy atom. The molecule has 1 amide bonds. The van der Waals surface area contributed by atoms with Gasteiger partial charge < -0.3 is 10.6 Å². The van der Waals surface area contributed by atoms with Crippen LogP contribution in [0.1, 0.15) is 12.8 Å². The molecule has 0 spiro atoms. The van der Waals surface area contributed by atoms with E-state index in [0.717, 1.165) is 31.6 Å². The van der Waals surface area contributed by atoms with E-state index in [0.29, 0.717) is 18.0 Å². The van der Waals surface area contributed by atoms with E-state index in [2.05, 4.69) is 10.6 Å². The molecule has 92 valence electrons. The molecule has 1 aromatic carbocycles. The monoisotopic (exact) mass is 240 g/mol. The Labute approximate surface area is 98.2 Å². The Balaban J connectivity index is 1.90. The zero-order valence-corrected chi connectivity index (χ0v) is 9.30. The molecule has 0 bridgehead atoms. The second kappa shape index (κ2) is 5.23. The zero-order valence-electron chi connectivity index (χ0n) is 9.30. The predicted molar refractivity (Wildman–Crippen MR) is 60.6 cm³/mol. The van der Waals surface area contributed by atoms with Gasteiger partial charge in [-0.2, -0.15) is 0 Å². The minimum absolute atomic E-state index is 0.162. The minimum Gasteiger partial charge on any atom is -0.326 e. The standard InChI is InChI=1S/C12H14F2N2O/c13-10-2-1-9(6-11(10)14)16-12(17)5-8-3-4-15-7-8/h1-2,6,8,15H,3-5,7H2,(H,16,17). The first-order valence-corrected chi connectivity index (χ1v) is 5.61. The van der Waals surface area contributed by atoms with E-state index in [1.54, 1.807) is 0 Å². The Morgan fingerprint density at radius 3 is 2.88 bits per heavy atom. The predicted octanol–water partition coefficient (Wildman–Crippen LogP) is 1.90. The van der Waals surface area contributed by atoms with Gasteiger partial charge in [-0.05, 0) is 37.6 Å². The summed E-state index contributed by atoms with van der Waals surface area (Å²) in [7, 11) is 0. The molecule has 0 saturated carbocycles. The molecule has 5 heteroatoms. The molecule has 1 aromatic rings. The lowest BCUT2D eigenvalue weighted by Gasteiger charge is -2.09. The SMILES string of the molecule is O=C(CC1CCNC1)Nc1ccc(F)c(F)c1. The fourth-order valence-corrected chi connectivity index (χ4v) is 1.94. The molecule has 1 unspecified atom stereocenters. The number of hydrogen-bond acceptors (Lipinski definition) is 2. The highest BCUT2D eigenvalue weighted by molar-refractivity contribution is 5.90. The Morgan fingerprint density at radius 2 is 2.24 bits per heavy atom. The second-order valence-electron chi connectivity index (χ2n) is 4.24. The summed E-state index contributed by atoms with van der Waals surface area (Å²) in [5.41, 5.74) is 0.292. The van der Waals surface area contributed by atoms with Crippen molar-refractivity contribution in [3.63, 3.8) is 0 Å². The first-order chi connectivity index (χ1) is 8.15. The lowest BCUT2D eigenvalue weighted by atomic mass is 10.0. The van der Waals surface area contributed by atoms with Gasteiger partial charge in [-0.3, -0.25) is 4.79 Å². The van der Waals surface area contributed by atoms with Crippen LogP contribution in [-0.2, 0) is 4.79 Å². The van der Waals surface area contributed by atoms with Crippen molar-refractivity contribution in [2.75, 3.05) is 18.4 Å². The van der Waals surface area contributed by atoms with Crippen LogP contribution >= 0.6 is 0 Å². The summed E-state index contributed by atoms with van der Waals surface area (Å²) >= 11 is 0. The Kier molecular flexibility index (Phi) is 3.68. The van der Waals surface area contributed by atoms with Gasteiger partial charge in [0.2, 0.25) is 5.91 Å². The van der Waals surface area contributed by atoms with Crippen molar-refractivity contribution in [1.29, 1.82) is 0 Å². The summed E-state index contributed by atoms with van der Waals surface area (Å²) in [5.74, 6) is -1.70. The van der Waals surface area contributed by atoms with Gasteiger partial charge in [-0.15, -0.1) is 0 Å². The van der Waals surface area contributed by atoms with E-state index in [4.69, 9.17) is 0 Å². The van der Waals surface area contributed by atoms with Crippen molar-refractivity contribution >= 4 is 11.6 Å². The summed E-state index contributed by atoms with van der Waals surface area (Å²) in [5, 5.41) is 5.73. The molecule has 1 atom stereocenters. The number of benzene rings is 1. The fraction of sp³-hybridized carbons (Fsp3) is 0.417. The molecular weight excluding hydrogens is 226 g/mol. The zero-order chi connectivity index (χ0) is 12.3. The number of carbonyl (C=O) groups is 1. The number of carbonyl (C=O) groups excluding carboxylic acids is 1. The van der Waals surface area contributed by atoms with Crippen molar-refractivity contribution < 1.29 is 13.6 Å². The highest BCUT2D eigenvalue weighted by Crippen LogP contribution is 2.16. The summed E-state index contributed by atoms with van der Waals surface area (Å²) in [4.78, 5) is 11.6. The van der Waals surface area contributed by atoms with Crippen molar-refractivity contribution in [3.8, 4) is 0 Å². The topological polar surface area (TPSA) is 41.1 Å². The number of rotatable bonds is 3. The smallest absolute Gasteiger partial charge is 0.224 e. The van der Waals surface area contributed by atoms with Gasteiger partial charge in [0.15, 0.2) is 11.6 Å². The van der Waals surface area contributed by atoms with Crippen LogP contribution < -0.4 is 10.6 Å². The normalized spacial score (nSPS) is 19.3. The van der Waals surface area contributed by atoms with Crippen molar-refractivity contribution in [2.24, 2.45) is 5.92 Å². The minimum atomic E-state index is -0.953. The number of amides is 1. The molecule has 1 saturated heterocycles. The van der Waals surface area contributed by atoms with Gasteiger partial charge in [-0.25, -0.2) is 8.78 Å². The maximum Gasteiger partial charge on any atom is 0.224 e. The van der Waals surface area contributed by atoms with E-state index < -0.39 is 11.6 Å². The molecule has 2 N–H and O–H groups in total. The van der Waals surface area contributed by atoms with Crippen LogP contribution in [0.15, 0.2) is 18.2 Å². The third-order valence-corrected chi connectivity index (χ3v) is 2.84. The average molecular weight is 240 g/mol. The first kappa shape index (κ1) is 12.0. The molecule has 17 heavy (non-hydrogen) atoms. The molecule has 1 aliphatic heterocycles. The summed E-state index contributed by atoms with van der Waals surface area (Å²) in [6, 6.07) is 3.34. The van der Waals surface area contributed by atoms with E-state index >= 15 is 0 Å². The van der Waals surface area contributed by atoms with Crippen LogP contribution in [0.4, 0.5) is 14.5 Å². The average Bonchev–Trinajstić information content (AvgIpc) is 2.76. The molecule has 0 aromatic heterocycles. The van der Waals surface area contributed by atoms with Crippen LogP contribution in [0.5, 0.6) is 0 Å². The van der Waals surface area contributed by atoms with E-state index in [-0.39, 0.29) is 5.91 Å². The molecule has 1 aliphatic rings. The molecule has 2 rings (SSSR count). The largest absolute Gasteiger partial charge is 0.326 e. The first-order valence-electron chi connectivity index (χ1n) is 5.61. The van der Waals surface area contributed by atoms with Crippen LogP contribution in [0.2, 0.25) is 0 Å². The summed E-state index contributed by atoms with van der Waals surface area (Å²) in [6.45, 7) is 1.77. The molecule has 3 nitrogen and oxygen atoms in total. The Bertz CT molecular complexity index is 417. The molecule has 1 heterocycles. The number of halogens is 2. The van der Waals surface area contributed by atoms with Crippen LogP contribution in [-0.4, -0.2) is 19.0 Å². The van der Waals surface area contributed by atoms with Crippen molar-refractivity contribution in [1.82, 2.24) is 5.32 Å². The van der Waals surface area contributed by atoms with Gasteiger partial charge >= 0.3 is 0 Å². The number of nitrogens with one attached hydrogen (secondary N) is 2. The van der Waals surface area contributed by atoms with Gasteiger partial charge in [0.25, 0.3) is 0 Å². The number of hydrogen-bond donors (Lipinski definition) is 2. The lowest BCUT2D eigenvalue weighted by molar-refractivity contribution is -0.116. The molecule has 1 fully saturated rings. The summed E-state index contributed by atoms with van der Waals surface area (Å²) < 4.78 is 25.6. The Hall–Kier alpha value is -1.49. The maximum atomic E-state index is 12.9. The molecular formula is C12H14F2N2O. The van der Waals surface area contributed by atoms with Crippen LogP contribution in [0.25, 0.3) is 0 Å². The molecule has 0 aliphatic carbocycles. The van der Waals surface area contributed by atoms with Gasteiger partial charge in [0, 0.05) is 18.2 Å². The van der Waals surface area contributed by atoms with Crippen molar-refractivity contribution in [2.45, 2.75) is 12.8 Å². The van der Waals surface area contributed by atoms with Crippen molar-refractivity contribution in [3.05, 3.63) is 29.8 Å². The fourth-order valence-electron chi connectivity index (χ4n) is 1.94. The van der Waals surface area contributed by atoms with Gasteiger partial charge in [0.05, 0.1) is 0 Å². The quantitative estimate of drug-likeness (QED) is 0.847. The van der Waals surface area contributed by atoms with E-state index in [1.807, 2.05) is 0 Å². The number of anilines is 1. The lowest BCUT2D eigenvalue weighted by Crippen LogP contribution is -2.18. The van der Waals surface area contributed by atoms with E-state index in [9.17, 15) is 13.6 Å². The summed E-state index contributed by atoms with van der Waals surface area (Å²) in [6.07, 6.45) is 1.39. The van der Waals surface area contributed by atoms with E-state index in [1.165, 1.54) is 6.07 Å². The highest BCUT2D eigenvalue weighted by Gasteiger charge is 2.18. The molecule has 0 radical (unpaired) electrons. The highest BCUT2D eigenvalue weighted by atomic mass is 19.2. The van der Waals surface area contributed by atoms with Crippen LogP contribution in [0.3, 0.4) is 0 Å². The third kappa shape index (κ3) is 3.23. The second-order valence-corrected chi connectivity index (χ2v) is 4.24. The van der Waals surface area contributed by atoms with Gasteiger partial charge in [0.1, 0.15) is 0 Å².